The van der Waals surface area contributed by atoms with E-state index in [1.807, 2.05) is 0 Å². The molecular weight excluding hydrogens is 835 g/mol. The molecule has 3 aliphatic carbocycles. The van der Waals surface area contributed by atoms with Crippen LogP contribution in [0.2, 0.25) is 0 Å². The number of fused-ring (bicyclic) bond motifs is 5. The summed E-state index contributed by atoms with van der Waals surface area (Å²) in [7, 11) is 0. The van der Waals surface area contributed by atoms with Crippen molar-refractivity contribution in [2.45, 2.75) is 132 Å². The fourth-order valence-corrected chi connectivity index (χ4v) is 9.96. The molecule has 0 aliphatic heterocycles. The van der Waals surface area contributed by atoms with E-state index in [-0.39, 0.29) is 46.5 Å². The van der Waals surface area contributed by atoms with Crippen LogP contribution in [0.25, 0.3) is 32.7 Å². The number of allylic oxidation sites excluding steroid dienone is 8. The SMILES string of the molecule is CC(C)(C)c1ccc([C](=[Zr+2])c2ccc(C(C)(C)C)cc2)cc1.CC1=CC(C)(C)c2cc3[cH-]c4cc5c(cc4c3cc21)C(C)=CC5(C)C.CC1=[C-]C(C)C=C1C(C)C.[Cl-].[Cl-]. The summed E-state index contributed by atoms with van der Waals surface area (Å²) in [6.07, 6.45) is 10.5. The van der Waals surface area contributed by atoms with Gasteiger partial charge in [-0.2, -0.15) is 11.6 Å². The van der Waals surface area contributed by atoms with Crippen LogP contribution in [0.5, 0.6) is 0 Å². The van der Waals surface area contributed by atoms with E-state index in [2.05, 4.69) is 214 Å². The monoisotopic (exact) mass is 898 g/mol. The molecule has 0 nitrogen and oxygen atoms in total. The molecule has 0 aromatic heterocycles. The van der Waals surface area contributed by atoms with Crippen molar-refractivity contribution < 1.29 is 49.0 Å². The van der Waals surface area contributed by atoms with Crippen LogP contribution in [0.1, 0.15) is 155 Å². The van der Waals surface area contributed by atoms with Crippen LogP contribution in [0, 0.1) is 17.9 Å². The van der Waals surface area contributed by atoms with Crippen LogP contribution in [0.3, 0.4) is 0 Å². The number of benzene rings is 4. The zero-order chi connectivity index (χ0) is 42.0. The first-order valence-electron chi connectivity index (χ1n) is 21.1. The van der Waals surface area contributed by atoms with Crippen molar-refractivity contribution in [2.24, 2.45) is 11.8 Å². The second kappa shape index (κ2) is 17.8. The molecule has 3 aliphatic rings. The Hall–Kier alpha value is -2.96. The van der Waals surface area contributed by atoms with Crippen molar-refractivity contribution in [1.29, 1.82) is 0 Å². The Bertz CT molecular complexity index is 2320. The van der Waals surface area contributed by atoms with Crippen molar-refractivity contribution in [2.75, 3.05) is 0 Å². The molecule has 59 heavy (non-hydrogen) atoms. The first kappa shape index (κ1) is 48.7. The molecule has 0 saturated heterocycles. The minimum Gasteiger partial charge on any atom is -1.00 e. The molecule has 0 N–H and O–H groups in total. The maximum absolute atomic E-state index is 3.37. The van der Waals surface area contributed by atoms with Gasteiger partial charge in [0.15, 0.2) is 0 Å². The van der Waals surface area contributed by atoms with Gasteiger partial charge in [0, 0.05) is 10.8 Å². The second-order valence-electron chi connectivity index (χ2n) is 20.6. The van der Waals surface area contributed by atoms with Crippen molar-refractivity contribution in [3.63, 3.8) is 0 Å². The molecule has 310 valence electrons. The van der Waals surface area contributed by atoms with Crippen LogP contribution in [-0.2, 0) is 45.9 Å². The summed E-state index contributed by atoms with van der Waals surface area (Å²) < 4.78 is 1.42. The predicted molar refractivity (Wildman–Crippen MR) is 248 cm³/mol. The minimum absolute atomic E-state index is 0. The van der Waals surface area contributed by atoms with Crippen molar-refractivity contribution in [3.05, 3.63) is 159 Å². The summed E-state index contributed by atoms with van der Waals surface area (Å²) in [6, 6.07) is 30.2. The van der Waals surface area contributed by atoms with E-state index in [0.29, 0.717) is 11.8 Å². The molecule has 0 saturated carbocycles. The van der Waals surface area contributed by atoms with Crippen LogP contribution in [0.15, 0.2) is 108 Å². The summed E-state index contributed by atoms with van der Waals surface area (Å²) in [5.74, 6) is 1.20. The van der Waals surface area contributed by atoms with Gasteiger partial charge in [-0.05, 0) is 36.1 Å². The normalized spacial score (nSPS) is 17.3. The molecule has 1 atom stereocenters. The number of rotatable bonds is 3. The zero-order valence-corrected chi connectivity index (χ0v) is 42.6. The fourth-order valence-electron chi connectivity index (χ4n) is 9.14. The van der Waals surface area contributed by atoms with Crippen LogP contribution in [0.4, 0.5) is 0 Å². The largest absolute Gasteiger partial charge is 1.00 e. The van der Waals surface area contributed by atoms with Crippen molar-refractivity contribution in [3.8, 4) is 0 Å². The summed E-state index contributed by atoms with van der Waals surface area (Å²) in [5, 5.41) is 5.57. The van der Waals surface area contributed by atoms with Crippen molar-refractivity contribution >= 4 is 35.9 Å². The number of halogens is 2. The van der Waals surface area contributed by atoms with Gasteiger partial charge >= 0.3 is 151 Å². The molecular formula is C56H66Cl2Zr-2. The van der Waals surface area contributed by atoms with Crippen LogP contribution >= 0.6 is 0 Å². The topological polar surface area (TPSA) is 0 Å². The summed E-state index contributed by atoms with van der Waals surface area (Å²) >= 11 is 1.46. The molecule has 0 bridgehead atoms. The van der Waals surface area contributed by atoms with Gasteiger partial charge in [-0.3, -0.25) is 6.08 Å². The molecule has 3 heteroatoms. The molecule has 8 rings (SSSR count). The van der Waals surface area contributed by atoms with Gasteiger partial charge in [-0.25, -0.2) is 5.57 Å². The Balaban J connectivity index is 0.000000208. The van der Waals surface area contributed by atoms with Gasteiger partial charge in [0.05, 0.1) is 0 Å². The van der Waals surface area contributed by atoms with E-state index < -0.39 is 0 Å². The van der Waals surface area contributed by atoms with E-state index >= 15 is 0 Å². The number of hydrogen-bond acceptors (Lipinski definition) is 0. The Kier molecular flexibility index (Phi) is 14.7. The Morgan fingerprint density at radius 2 is 1.02 bits per heavy atom. The predicted octanol–water partition coefficient (Wildman–Crippen LogP) is 9.47. The maximum atomic E-state index is 3.37. The van der Waals surface area contributed by atoms with E-state index in [4.69, 9.17) is 0 Å². The number of hydrogen-bond donors (Lipinski definition) is 0. The summed E-state index contributed by atoms with van der Waals surface area (Å²) in [4.78, 5) is 0. The molecule has 0 radical (unpaired) electrons. The summed E-state index contributed by atoms with van der Waals surface area (Å²) in [5.41, 5.74) is 17.6. The molecule has 1 unspecified atom stereocenters. The summed E-state index contributed by atoms with van der Waals surface area (Å²) in [6.45, 7) is 36.1. The van der Waals surface area contributed by atoms with Gasteiger partial charge in [0.1, 0.15) is 0 Å². The smallest absolute Gasteiger partial charge is 0.00178 e. The van der Waals surface area contributed by atoms with E-state index in [9.17, 15) is 0 Å². The average Bonchev–Trinajstić information content (AvgIpc) is 3.79. The zero-order valence-electron chi connectivity index (χ0n) is 38.6. The van der Waals surface area contributed by atoms with Crippen LogP contribution < -0.4 is 24.8 Å². The van der Waals surface area contributed by atoms with Crippen molar-refractivity contribution in [1.82, 2.24) is 0 Å². The third-order valence-corrected chi connectivity index (χ3v) is 13.8. The van der Waals surface area contributed by atoms with E-state index in [0.717, 1.165) is 0 Å². The Morgan fingerprint density at radius 3 is 1.31 bits per heavy atom. The Morgan fingerprint density at radius 1 is 0.644 bits per heavy atom. The van der Waals surface area contributed by atoms with Gasteiger partial charge < -0.3 is 24.8 Å². The molecule has 5 aromatic rings. The second-order valence-corrected chi connectivity index (χ2v) is 21.8. The van der Waals surface area contributed by atoms with E-state index in [1.165, 1.54) is 116 Å². The third-order valence-electron chi connectivity index (χ3n) is 12.4. The van der Waals surface area contributed by atoms with E-state index in [1.54, 1.807) is 0 Å². The first-order valence-corrected chi connectivity index (χ1v) is 22.3. The molecule has 5 aromatic carbocycles. The van der Waals surface area contributed by atoms with Gasteiger partial charge in [0.25, 0.3) is 0 Å². The van der Waals surface area contributed by atoms with Crippen LogP contribution in [-0.4, -0.2) is 3.21 Å². The van der Waals surface area contributed by atoms with Gasteiger partial charge in [-0.15, -0.1) is 39.7 Å². The first-order chi connectivity index (χ1) is 26.4. The third kappa shape index (κ3) is 10.2. The molecule has 0 amide bonds. The standard InChI is InChI=1S/C25H25.C21H26.C10H15.2ClH.Zr/c1-14-12-24(3,4)22-8-16-7-17-9-23-19(15(2)13-25(23,5)6)11-21(17)20(16)10-18(14)22;1-20(2,3)18-11-7-16(8-12-18)15-17-9-13-19(14-10-17)21(4,5)6;1-7(2)10-6-8(3)5-9(10)4;;;/h7-13H,1-6H3;7-14H,1-6H3;6-8H,1-4H3;2*1H;/q-1;;-1;;;+2/p-2. The average molecular weight is 901 g/mol. The van der Waals surface area contributed by atoms with Gasteiger partial charge in [-0.1, -0.05) is 103 Å². The maximum Gasteiger partial charge on any atom is 0.00178 e. The quantitative estimate of drug-likeness (QED) is 0.159. The molecule has 0 fully saturated rings. The fraction of sp³-hybridized carbons (Fsp3) is 0.393. The Labute approximate surface area is 385 Å². The molecule has 0 spiro atoms. The molecule has 0 heterocycles. The minimum atomic E-state index is 0. The van der Waals surface area contributed by atoms with Gasteiger partial charge in [0.2, 0.25) is 0 Å².